The van der Waals surface area contributed by atoms with Crippen LogP contribution < -0.4 is 15.6 Å². The maximum Gasteiger partial charge on any atom is 0.253 e. The first kappa shape index (κ1) is 23.1. The van der Waals surface area contributed by atoms with Crippen molar-refractivity contribution in [1.82, 2.24) is 19.7 Å². The minimum atomic E-state index is -0.282. The summed E-state index contributed by atoms with van der Waals surface area (Å²) in [4.78, 5) is 26.5. The molecule has 36 heavy (non-hydrogen) atoms. The Balaban J connectivity index is 1.60. The van der Waals surface area contributed by atoms with Crippen LogP contribution in [0.4, 0.5) is 0 Å². The maximum atomic E-state index is 13.5. The number of benzene rings is 3. The summed E-state index contributed by atoms with van der Waals surface area (Å²) in [5.41, 5.74) is 4.46. The van der Waals surface area contributed by atoms with Crippen molar-refractivity contribution in [3.05, 3.63) is 113 Å². The second-order valence-electron chi connectivity index (χ2n) is 8.47. The molecule has 5 rings (SSSR count). The van der Waals surface area contributed by atoms with E-state index in [0.29, 0.717) is 17.9 Å². The number of nitrogens with zero attached hydrogens (tertiary/aromatic N) is 3. The van der Waals surface area contributed by atoms with Crippen LogP contribution in [-0.2, 0) is 17.9 Å². The number of methoxy groups -OCH3 is 1. The molecular weight excluding hydrogens is 452 g/mol. The predicted octanol–water partition coefficient (Wildman–Crippen LogP) is 4.49. The van der Waals surface area contributed by atoms with Crippen molar-refractivity contribution in [2.75, 3.05) is 7.11 Å². The molecule has 1 N–H and O–H groups in total. The highest BCUT2D eigenvalue weighted by atomic mass is 16.5. The number of carbonyl (C=O) groups is 1. The van der Waals surface area contributed by atoms with Crippen LogP contribution in [0, 0.1) is 6.92 Å². The fraction of sp³-hybridized carbons (Fsp3) is 0.138. The summed E-state index contributed by atoms with van der Waals surface area (Å²) >= 11 is 0. The molecular formula is C29H26N4O3. The highest BCUT2D eigenvalue weighted by molar-refractivity contribution is 5.96. The molecule has 1 amide bonds. The normalized spacial score (nSPS) is 10.9. The van der Waals surface area contributed by atoms with Gasteiger partial charge >= 0.3 is 0 Å². The zero-order chi connectivity index (χ0) is 25.1. The average Bonchev–Trinajstić information content (AvgIpc) is 3.27. The third-order valence-corrected chi connectivity index (χ3v) is 6.15. The van der Waals surface area contributed by atoms with Gasteiger partial charge in [-0.25, -0.2) is 4.68 Å². The van der Waals surface area contributed by atoms with Crippen LogP contribution in [0.2, 0.25) is 0 Å². The molecule has 0 aliphatic carbocycles. The van der Waals surface area contributed by atoms with Crippen LogP contribution in [-0.4, -0.2) is 27.4 Å². The molecule has 0 saturated heterocycles. The Kier molecular flexibility index (Phi) is 6.36. The van der Waals surface area contributed by atoms with E-state index >= 15 is 0 Å². The lowest BCUT2D eigenvalue weighted by Gasteiger charge is -2.14. The van der Waals surface area contributed by atoms with E-state index in [2.05, 4.69) is 5.32 Å². The Morgan fingerprint density at radius 1 is 0.944 bits per heavy atom. The van der Waals surface area contributed by atoms with E-state index in [-0.39, 0.29) is 18.0 Å². The van der Waals surface area contributed by atoms with E-state index in [9.17, 15) is 9.59 Å². The molecule has 0 aliphatic rings. The van der Waals surface area contributed by atoms with Gasteiger partial charge in [-0.05, 0) is 36.2 Å². The summed E-state index contributed by atoms with van der Waals surface area (Å²) in [6, 6.07) is 28.5. The number of rotatable bonds is 7. The number of aromatic nitrogens is 3. The van der Waals surface area contributed by atoms with Crippen molar-refractivity contribution < 1.29 is 9.53 Å². The quantitative estimate of drug-likeness (QED) is 0.374. The standard InChI is InChI=1S/C29H26N4O3/c1-20-28-24(21-11-5-3-6-12-21)17-27(35)32(29(28)33(31-20)23-14-7-4-8-15-23)19-26(34)30-18-22-13-9-10-16-25(22)36-2/h3-17H,18-19H2,1-2H3,(H,30,34). The fourth-order valence-corrected chi connectivity index (χ4v) is 4.45. The summed E-state index contributed by atoms with van der Waals surface area (Å²) in [6.07, 6.45) is 0. The summed E-state index contributed by atoms with van der Waals surface area (Å²) in [5.74, 6) is 0.414. The van der Waals surface area contributed by atoms with Crippen LogP contribution in [0.3, 0.4) is 0 Å². The highest BCUT2D eigenvalue weighted by Gasteiger charge is 2.21. The number of aryl methyl sites for hydroxylation is 1. The van der Waals surface area contributed by atoms with Gasteiger partial charge in [-0.1, -0.05) is 66.7 Å². The lowest BCUT2D eigenvalue weighted by molar-refractivity contribution is -0.121. The molecule has 7 heteroatoms. The molecule has 3 aromatic carbocycles. The molecule has 0 spiro atoms. The summed E-state index contributed by atoms with van der Waals surface area (Å²) in [5, 5.41) is 8.53. The third-order valence-electron chi connectivity index (χ3n) is 6.15. The van der Waals surface area contributed by atoms with Gasteiger partial charge < -0.3 is 10.1 Å². The van der Waals surface area contributed by atoms with Crippen molar-refractivity contribution in [2.24, 2.45) is 0 Å². The van der Waals surface area contributed by atoms with Crippen molar-refractivity contribution >= 4 is 16.9 Å². The first-order valence-corrected chi connectivity index (χ1v) is 11.7. The number of hydrogen-bond acceptors (Lipinski definition) is 4. The largest absolute Gasteiger partial charge is 0.496 e. The van der Waals surface area contributed by atoms with Crippen LogP contribution in [0.1, 0.15) is 11.3 Å². The monoisotopic (exact) mass is 478 g/mol. The number of amides is 1. The van der Waals surface area contributed by atoms with Crippen LogP contribution in [0.25, 0.3) is 27.8 Å². The number of fused-ring (bicyclic) bond motifs is 1. The van der Waals surface area contributed by atoms with Gasteiger partial charge in [0.25, 0.3) is 5.56 Å². The van der Waals surface area contributed by atoms with Crippen molar-refractivity contribution in [2.45, 2.75) is 20.0 Å². The topological polar surface area (TPSA) is 78.2 Å². The molecule has 0 fully saturated rings. The number of nitrogens with one attached hydrogen (secondary N) is 1. The molecule has 2 heterocycles. The Hall–Kier alpha value is -4.65. The van der Waals surface area contributed by atoms with Crippen LogP contribution >= 0.6 is 0 Å². The molecule has 0 atom stereocenters. The highest BCUT2D eigenvalue weighted by Crippen LogP contribution is 2.31. The van der Waals surface area contributed by atoms with E-state index < -0.39 is 0 Å². The van der Waals surface area contributed by atoms with E-state index in [1.165, 1.54) is 4.57 Å². The van der Waals surface area contributed by atoms with E-state index in [1.54, 1.807) is 17.9 Å². The number of pyridine rings is 1. The summed E-state index contributed by atoms with van der Waals surface area (Å²) < 4.78 is 8.61. The molecule has 0 unspecified atom stereocenters. The van der Waals surface area contributed by atoms with E-state index in [0.717, 1.165) is 33.5 Å². The van der Waals surface area contributed by atoms with Crippen molar-refractivity contribution in [1.29, 1.82) is 0 Å². The van der Waals surface area contributed by atoms with Gasteiger partial charge in [0, 0.05) is 23.6 Å². The molecule has 2 aromatic heterocycles. The third kappa shape index (κ3) is 4.38. The van der Waals surface area contributed by atoms with Gasteiger partial charge in [0.2, 0.25) is 5.91 Å². The Bertz CT molecular complexity index is 1590. The first-order chi connectivity index (χ1) is 17.6. The number of carbonyl (C=O) groups excluding carboxylic acids is 1. The van der Waals surface area contributed by atoms with Crippen LogP contribution in [0.15, 0.2) is 95.8 Å². The fourth-order valence-electron chi connectivity index (χ4n) is 4.45. The van der Waals surface area contributed by atoms with E-state index in [1.807, 2.05) is 91.9 Å². The number of ether oxygens (including phenoxy) is 1. The Labute approximate surface area is 208 Å². The van der Waals surface area contributed by atoms with Crippen LogP contribution in [0.5, 0.6) is 5.75 Å². The molecule has 0 bridgehead atoms. The second-order valence-corrected chi connectivity index (χ2v) is 8.47. The summed E-state index contributed by atoms with van der Waals surface area (Å²) in [7, 11) is 1.60. The zero-order valence-corrected chi connectivity index (χ0v) is 20.1. The molecule has 5 aromatic rings. The predicted molar refractivity (Wildman–Crippen MR) is 140 cm³/mol. The van der Waals surface area contributed by atoms with Gasteiger partial charge in [-0.3, -0.25) is 14.2 Å². The molecule has 7 nitrogen and oxygen atoms in total. The molecule has 0 aliphatic heterocycles. The van der Waals surface area contributed by atoms with Gasteiger partial charge in [-0.2, -0.15) is 5.10 Å². The molecule has 0 saturated carbocycles. The Morgan fingerprint density at radius 3 is 2.33 bits per heavy atom. The number of hydrogen-bond donors (Lipinski definition) is 1. The first-order valence-electron chi connectivity index (χ1n) is 11.7. The zero-order valence-electron chi connectivity index (χ0n) is 20.1. The number of para-hydroxylation sites is 2. The van der Waals surface area contributed by atoms with Gasteiger partial charge in [0.15, 0.2) is 0 Å². The van der Waals surface area contributed by atoms with Gasteiger partial charge in [0.1, 0.15) is 17.9 Å². The second kappa shape index (κ2) is 9.92. The van der Waals surface area contributed by atoms with Gasteiger partial charge in [0.05, 0.1) is 18.5 Å². The minimum absolute atomic E-state index is 0.141. The van der Waals surface area contributed by atoms with E-state index in [4.69, 9.17) is 9.84 Å². The smallest absolute Gasteiger partial charge is 0.253 e. The van der Waals surface area contributed by atoms with Gasteiger partial charge in [-0.15, -0.1) is 0 Å². The Morgan fingerprint density at radius 2 is 1.61 bits per heavy atom. The SMILES string of the molecule is COc1ccccc1CNC(=O)Cn1c(=O)cc(-c2ccccc2)c2c(C)nn(-c3ccccc3)c21. The maximum absolute atomic E-state index is 13.5. The average molecular weight is 479 g/mol. The minimum Gasteiger partial charge on any atom is -0.496 e. The molecule has 0 radical (unpaired) electrons. The lowest BCUT2D eigenvalue weighted by atomic mass is 10.0. The summed E-state index contributed by atoms with van der Waals surface area (Å²) in [6.45, 7) is 2.07. The molecule has 180 valence electrons. The van der Waals surface area contributed by atoms with Crippen molar-refractivity contribution in [3.8, 4) is 22.6 Å². The van der Waals surface area contributed by atoms with Crippen molar-refractivity contribution in [3.63, 3.8) is 0 Å². The lowest BCUT2D eigenvalue weighted by Crippen LogP contribution is -2.32.